The molecule has 1 aromatic heterocycles. The lowest BCUT2D eigenvalue weighted by Gasteiger charge is -2.25. The maximum atomic E-state index is 13.8. The van der Waals surface area contributed by atoms with E-state index >= 15 is 0 Å². The molecule has 3 unspecified atom stereocenters. The van der Waals surface area contributed by atoms with Crippen LogP contribution in [0, 0.1) is 19.8 Å². The number of para-hydroxylation sites is 1. The Morgan fingerprint density at radius 3 is 1.83 bits per heavy atom. The van der Waals surface area contributed by atoms with Crippen LogP contribution in [-0.4, -0.2) is 114 Å². The standard InChI is InChI=1S/C44H62N2O7.C14H20O.C3H8.6C2H6/c1-8-9-13-40-42(38-12-10-11-14-39(38)53-40)43(48)37-29-34(4)44(35(5)30-37)52-24-20-46(7)18-22-50-26-25-49-21-17-45(6)19-23-51-41-28-32(2)27-36(31-47)16-15-33(41)3;1-5-14-13(4)11(2)9-7-6-8-10-12(3)15-14;1-3-2;6*1-2/h10-12,14-15,27,29-32,41H,8-9,13,16-26,28H2,1-7H3;7-10,12H,2,5-6H2,1,3-4H3;3H2,1-2H3;6*1-2H3/b33-15-,36-27+;9-7-,10-8-,14-13-;;;;;;;. The van der Waals surface area contributed by atoms with E-state index in [-0.39, 0.29) is 18.0 Å². The van der Waals surface area contributed by atoms with Crippen molar-refractivity contribution >= 4 is 23.0 Å². The molecule has 83 heavy (non-hydrogen) atoms. The first kappa shape index (κ1) is 84.6. The highest BCUT2D eigenvalue weighted by Crippen LogP contribution is 2.32. The molecule has 0 saturated heterocycles. The Kier molecular flexibility index (Phi) is 57.4. The number of ketones is 1. The first-order chi connectivity index (χ1) is 40.2. The SMILES string of the molecule is C=C1/C=C\C/C=C\C(C)O/C(CC)=C\1C.CC.CC.CC.CC.CC.CC.CCC.CCCCc1oc2ccccc2c1C(=O)c1cc(C)c(OCCN(C)CCOCCOCCN(C)CCOC2CC(C)/C=C(/C=O)C/C=C\2C)c(C)c1. The lowest BCUT2D eigenvalue weighted by Crippen LogP contribution is -2.30. The molecular formula is C73H126N2O8. The summed E-state index contributed by atoms with van der Waals surface area (Å²) in [5, 5.41) is 0.874. The van der Waals surface area contributed by atoms with Crippen molar-refractivity contribution in [3.05, 3.63) is 135 Å². The predicted octanol–water partition coefficient (Wildman–Crippen LogP) is 19.5. The number of fused-ring (bicyclic) bond motifs is 1. The number of benzene rings is 2. The quantitative estimate of drug-likeness (QED) is 0.0373. The topological polar surface area (TPSA) is 99.9 Å². The molecule has 0 amide bonds. The predicted molar refractivity (Wildman–Crippen MR) is 362 cm³/mol. The van der Waals surface area contributed by atoms with Crippen molar-refractivity contribution in [3.8, 4) is 5.75 Å². The minimum Gasteiger partial charge on any atom is -0.492 e. The van der Waals surface area contributed by atoms with Gasteiger partial charge in [-0.25, -0.2) is 0 Å². The third kappa shape index (κ3) is 35.9. The molecule has 0 N–H and O–H groups in total. The van der Waals surface area contributed by atoms with E-state index in [9.17, 15) is 9.59 Å². The fourth-order valence-corrected chi connectivity index (χ4v) is 8.24. The number of hydrogen-bond donors (Lipinski definition) is 0. The van der Waals surface area contributed by atoms with Crippen molar-refractivity contribution in [3.63, 3.8) is 0 Å². The summed E-state index contributed by atoms with van der Waals surface area (Å²) in [6.07, 6.45) is 21.2. The fourth-order valence-electron chi connectivity index (χ4n) is 8.24. The molecule has 1 aliphatic carbocycles. The fraction of sp³-hybridized carbons (Fsp3) is 0.616. The van der Waals surface area contributed by atoms with Gasteiger partial charge in [-0.2, -0.15) is 0 Å². The van der Waals surface area contributed by atoms with Crippen LogP contribution in [0.5, 0.6) is 5.75 Å². The number of rotatable bonds is 24. The molecule has 5 rings (SSSR count). The van der Waals surface area contributed by atoms with Gasteiger partial charge >= 0.3 is 0 Å². The number of furan rings is 1. The molecule has 10 nitrogen and oxygen atoms in total. The summed E-state index contributed by atoms with van der Waals surface area (Å²) in [4.78, 5) is 29.5. The summed E-state index contributed by atoms with van der Waals surface area (Å²) in [5.74, 6) is 2.96. The Labute approximate surface area is 511 Å². The van der Waals surface area contributed by atoms with E-state index in [0.29, 0.717) is 63.1 Å². The number of carbonyl (C=O) groups excluding carboxylic acids is 2. The zero-order valence-electron chi connectivity index (χ0n) is 57.8. The Morgan fingerprint density at radius 1 is 0.747 bits per heavy atom. The smallest absolute Gasteiger partial charge is 0.197 e. The number of allylic oxidation sites excluding steroid dienone is 9. The van der Waals surface area contributed by atoms with Gasteiger partial charge < -0.3 is 37.9 Å². The third-order valence-electron chi connectivity index (χ3n) is 12.4. The summed E-state index contributed by atoms with van der Waals surface area (Å²) in [7, 11) is 4.14. The van der Waals surface area contributed by atoms with E-state index in [2.05, 4.69) is 122 Å². The summed E-state index contributed by atoms with van der Waals surface area (Å²) in [5.41, 5.74) is 8.26. The maximum Gasteiger partial charge on any atom is 0.197 e. The van der Waals surface area contributed by atoms with E-state index in [1.165, 1.54) is 12.0 Å². The molecule has 0 fully saturated rings. The molecule has 0 radical (unpaired) electrons. The first-order valence-corrected chi connectivity index (χ1v) is 32.3. The minimum atomic E-state index is -0.00385. The van der Waals surface area contributed by atoms with Crippen molar-refractivity contribution in [2.75, 3.05) is 79.9 Å². The van der Waals surface area contributed by atoms with Gasteiger partial charge in [-0.1, -0.05) is 186 Å². The number of ether oxygens (including phenoxy) is 5. The number of aldehydes is 1. The Balaban J connectivity index is -0.000000864. The van der Waals surface area contributed by atoms with Gasteiger partial charge in [0.1, 0.15) is 41.8 Å². The summed E-state index contributed by atoms with van der Waals surface area (Å²) < 4.78 is 36.0. The molecule has 1 aliphatic heterocycles. The van der Waals surface area contributed by atoms with Gasteiger partial charge in [0, 0.05) is 50.0 Å². The second-order valence-electron chi connectivity index (χ2n) is 19.1. The Hall–Kier alpha value is -4.84. The number of nitrogens with zero attached hydrogens (tertiary/aromatic N) is 2. The molecule has 2 heterocycles. The van der Waals surface area contributed by atoms with E-state index in [1.807, 2.05) is 133 Å². The molecule has 476 valence electrons. The van der Waals surface area contributed by atoms with E-state index in [1.54, 1.807) is 0 Å². The summed E-state index contributed by atoms with van der Waals surface area (Å²) in [6.45, 7) is 55.7. The highest BCUT2D eigenvalue weighted by atomic mass is 16.5. The monoisotopic (exact) mass is 1160 g/mol. The Morgan fingerprint density at radius 2 is 1.29 bits per heavy atom. The zero-order valence-corrected chi connectivity index (χ0v) is 57.8. The number of likely N-dealkylation sites (N-methyl/N-ethyl adjacent to an activating group) is 2. The molecule has 0 bridgehead atoms. The van der Waals surface area contributed by atoms with E-state index in [0.717, 1.165) is 127 Å². The molecule has 0 spiro atoms. The average Bonchev–Trinajstić information content (AvgIpc) is 3.51. The van der Waals surface area contributed by atoms with Crippen LogP contribution < -0.4 is 4.74 Å². The first-order valence-electron chi connectivity index (χ1n) is 32.3. The normalized spacial score (nSPS) is 18.2. The molecule has 3 atom stereocenters. The largest absolute Gasteiger partial charge is 0.492 e. The molecule has 3 aromatic rings. The Bertz CT molecular complexity index is 2220. The van der Waals surface area contributed by atoms with Crippen LogP contribution in [0.1, 0.15) is 216 Å². The van der Waals surface area contributed by atoms with Crippen LogP contribution in [0.15, 0.2) is 112 Å². The van der Waals surface area contributed by atoms with Crippen LogP contribution in [0.2, 0.25) is 0 Å². The molecule has 0 saturated carbocycles. The van der Waals surface area contributed by atoms with E-state index < -0.39 is 0 Å². The molecule has 2 aliphatic rings. The maximum absolute atomic E-state index is 13.8. The molecular weight excluding hydrogens is 1030 g/mol. The lowest BCUT2D eigenvalue weighted by atomic mass is 9.92. The van der Waals surface area contributed by atoms with Gasteiger partial charge in [-0.05, 0) is 138 Å². The minimum absolute atomic E-state index is 0.00385. The van der Waals surface area contributed by atoms with Gasteiger partial charge in [-0.15, -0.1) is 0 Å². The van der Waals surface area contributed by atoms with Crippen molar-refractivity contribution in [1.82, 2.24) is 9.80 Å². The van der Waals surface area contributed by atoms with E-state index in [4.69, 9.17) is 28.1 Å². The zero-order chi connectivity index (χ0) is 64.1. The lowest BCUT2D eigenvalue weighted by molar-refractivity contribution is -0.105. The number of unbranched alkanes of at least 4 members (excludes halogenated alkanes) is 1. The van der Waals surface area contributed by atoms with Gasteiger partial charge in [0.15, 0.2) is 5.78 Å². The molecule has 10 heteroatoms. The third-order valence-corrected chi connectivity index (χ3v) is 12.4. The number of hydrogen-bond acceptors (Lipinski definition) is 10. The van der Waals surface area contributed by atoms with Crippen LogP contribution in [0.3, 0.4) is 0 Å². The van der Waals surface area contributed by atoms with Crippen molar-refractivity contribution < 1.29 is 37.7 Å². The van der Waals surface area contributed by atoms with Gasteiger partial charge in [0.25, 0.3) is 0 Å². The summed E-state index contributed by atoms with van der Waals surface area (Å²) >= 11 is 0. The average molecular weight is 1160 g/mol. The van der Waals surface area contributed by atoms with Crippen molar-refractivity contribution in [1.29, 1.82) is 0 Å². The number of aryl methyl sites for hydroxylation is 3. The van der Waals surface area contributed by atoms with Crippen LogP contribution in [0.4, 0.5) is 0 Å². The van der Waals surface area contributed by atoms with Crippen molar-refractivity contribution in [2.24, 2.45) is 5.92 Å². The van der Waals surface area contributed by atoms with Crippen LogP contribution in [-0.2, 0) is 30.2 Å². The summed E-state index contributed by atoms with van der Waals surface area (Å²) in [6, 6.07) is 11.7. The van der Waals surface area contributed by atoms with Crippen molar-refractivity contribution in [2.45, 2.75) is 216 Å². The van der Waals surface area contributed by atoms with Gasteiger partial charge in [-0.3, -0.25) is 9.59 Å². The van der Waals surface area contributed by atoms with Gasteiger partial charge in [0.2, 0.25) is 0 Å². The van der Waals surface area contributed by atoms with Gasteiger partial charge in [0.05, 0.1) is 44.7 Å². The highest BCUT2D eigenvalue weighted by molar-refractivity contribution is 6.17. The van der Waals surface area contributed by atoms with Crippen LogP contribution in [0.25, 0.3) is 11.0 Å². The van der Waals surface area contributed by atoms with Crippen LogP contribution >= 0.6 is 0 Å². The second kappa shape index (κ2) is 56.3. The second-order valence-corrected chi connectivity index (χ2v) is 19.1. The molecule has 2 aromatic carbocycles. The number of carbonyl (C=O) groups is 2. The highest BCUT2D eigenvalue weighted by Gasteiger charge is 2.23.